The lowest BCUT2D eigenvalue weighted by molar-refractivity contribution is -0.00167. The number of aromatic nitrogens is 2. The van der Waals surface area contributed by atoms with Crippen molar-refractivity contribution in [1.82, 2.24) is 14.9 Å². The van der Waals surface area contributed by atoms with E-state index in [9.17, 15) is 4.79 Å². The van der Waals surface area contributed by atoms with Gasteiger partial charge in [0.1, 0.15) is 12.4 Å². The van der Waals surface area contributed by atoms with Crippen molar-refractivity contribution in [2.24, 2.45) is 0 Å². The molecule has 1 spiro atoms. The van der Waals surface area contributed by atoms with Crippen molar-refractivity contribution in [2.75, 3.05) is 19.7 Å². The number of carbonyl (C=O) groups is 1. The van der Waals surface area contributed by atoms with Crippen LogP contribution in [0.3, 0.4) is 0 Å². The molecule has 3 fully saturated rings. The Hall–Kier alpha value is -1.69. The van der Waals surface area contributed by atoms with Gasteiger partial charge in [-0.3, -0.25) is 4.90 Å². The van der Waals surface area contributed by atoms with Gasteiger partial charge in [0.2, 0.25) is 0 Å². The molecule has 24 heavy (non-hydrogen) atoms. The third kappa shape index (κ3) is 3.38. The summed E-state index contributed by atoms with van der Waals surface area (Å²) < 4.78 is 10.3. The Morgan fingerprint density at radius 3 is 2.46 bits per heavy atom. The first-order valence-electron chi connectivity index (χ1n) is 9.11. The minimum Gasteiger partial charge on any atom is -0.430 e. The van der Waals surface area contributed by atoms with Crippen LogP contribution < -0.4 is 0 Å². The summed E-state index contributed by atoms with van der Waals surface area (Å²) in [5.41, 5.74) is 0.778. The van der Waals surface area contributed by atoms with Gasteiger partial charge < -0.3 is 9.47 Å². The van der Waals surface area contributed by atoms with E-state index in [1.165, 1.54) is 32.1 Å². The number of nitrogens with zero attached hydrogens (tertiary/aromatic N) is 3. The average Bonchev–Trinajstić information content (AvgIpc) is 2.99. The van der Waals surface area contributed by atoms with E-state index in [2.05, 4.69) is 14.9 Å². The SMILES string of the molecule is O=C1OCC2(CCN(Cc3cnc(C4CCCCC4)nc3)CC2)O1. The highest BCUT2D eigenvalue weighted by Crippen LogP contribution is 2.32. The third-order valence-corrected chi connectivity index (χ3v) is 5.62. The molecule has 3 heterocycles. The molecule has 6 heteroatoms. The molecule has 0 atom stereocenters. The molecule has 2 saturated heterocycles. The van der Waals surface area contributed by atoms with Gasteiger partial charge in [-0.15, -0.1) is 0 Å². The van der Waals surface area contributed by atoms with Gasteiger partial charge in [-0.05, 0) is 12.8 Å². The Labute approximate surface area is 142 Å². The van der Waals surface area contributed by atoms with Gasteiger partial charge in [-0.25, -0.2) is 14.8 Å². The standard InChI is InChI=1S/C18H25N3O3/c22-17-23-13-18(24-17)6-8-21(9-7-18)12-14-10-19-16(20-11-14)15-4-2-1-3-5-15/h10-11,15H,1-9,12-13H2. The molecule has 3 aliphatic rings. The van der Waals surface area contributed by atoms with Crippen LogP contribution >= 0.6 is 0 Å². The maximum atomic E-state index is 11.2. The second-order valence-electron chi connectivity index (χ2n) is 7.38. The lowest BCUT2D eigenvalue weighted by atomic mass is 9.89. The van der Waals surface area contributed by atoms with Gasteiger partial charge in [-0.1, -0.05) is 19.3 Å². The van der Waals surface area contributed by atoms with Gasteiger partial charge in [-0.2, -0.15) is 0 Å². The second-order valence-corrected chi connectivity index (χ2v) is 7.38. The smallest absolute Gasteiger partial charge is 0.430 e. The highest BCUT2D eigenvalue weighted by molar-refractivity contribution is 5.62. The zero-order valence-corrected chi connectivity index (χ0v) is 14.1. The molecule has 0 amide bonds. The van der Waals surface area contributed by atoms with Gasteiger partial charge in [0, 0.05) is 56.4 Å². The zero-order valence-electron chi connectivity index (χ0n) is 14.1. The van der Waals surface area contributed by atoms with E-state index in [0.29, 0.717) is 12.5 Å². The second kappa shape index (κ2) is 6.67. The van der Waals surface area contributed by atoms with Gasteiger partial charge >= 0.3 is 6.16 Å². The number of ether oxygens (including phenoxy) is 2. The van der Waals surface area contributed by atoms with Gasteiger partial charge in [0.15, 0.2) is 5.60 Å². The van der Waals surface area contributed by atoms with Crippen LogP contribution in [0.5, 0.6) is 0 Å². The van der Waals surface area contributed by atoms with E-state index in [4.69, 9.17) is 9.47 Å². The number of rotatable bonds is 3. The lowest BCUT2D eigenvalue weighted by Gasteiger charge is -2.36. The topological polar surface area (TPSA) is 64.5 Å². The molecule has 1 aromatic heterocycles. The minimum absolute atomic E-state index is 0.380. The maximum Gasteiger partial charge on any atom is 0.509 e. The van der Waals surface area contributed by atoms with Gasteiger partial charge in [0.25, 0.3) is 0 Å². The maximum absolute atomic E-state index is 11.2. The Kier molecular flexibility index (Phi) is 4.39. The fourth-order valence-corrected chi connectivity index (χ4v) is 4.07. The molecule has 2 aliphatic heterocycles. The van der Waals surface area contributed by atoms with E-state index in [0.717, 1.165) is 43.9 Å². The average molecular weight is 331 g/mol. The van der Waals surface area contributed by atoms with Crippen LogP contribution in [0, 0.1) is 0 Å². The molecule has 0 radical (unpaired) electrons. The van der Waals surface area contributed by atoms with Crippen molar-refractivity contribution < 1.29 is 14.3 Å². The predicted molar refractivity (Wildman–Crippen MR) is 87.5 cm³/mol. The molecule has 1 saturated carbocycles. The Morgan fingerprint density at radius 2 is 1.83 bits per heavy atom. The van der Waals surface area contributed by atoms with E-state index in [-0.39, 0.29) is 5.60 Å². The van der Waals surface area contributed by atoms with Gasteiger partial charge in [0.05, 0.1) is 0 Å². The van der Waals surface area contributed by atoms with E-state index in [1.54, 1.807) is 0 Å². The fourth-order valence-electron chi connectivity index (χ4n) is 4.07. The predicted octanol–water partition coefficient (Wildman–Crippen LogP) is 3.03. The van der Waals surface area contributed by atoms with Crippen LogP contribution in [-0.2, 0) is 16.0 Å². The molecule has 1 aliphatic carbocycles. The molecule has 130 valence electrons. The summed E-state index contributed by atoms with van der Waals surface area (Å²) in [6, 6.07) is 0. The molecule has 0 N–H and O–H groups in total. The number of piperidine rings is 1. The fraction of sp³-hybridized carbons (Fsp3) is 0.722. The first-order valence-corrected chi connectivity index (χ1v) is 9.11. The molecule has 0 unspecified atom stereocenters. The van der Waals surface area contributed by atoms with Crippen molar-refractivity contribution in [1.29, 1.82) is 0 Å². The number of hydrogen-bond donors (Lipinski definition) is 0. The summed E-state index contributed by atoms with van der Waals surface area (Å²) in [6.07, 6.45) is 11.5. The first kappa shape index (κ1) is 15.8. The molecule has 0 aromatic carbocycles. The van der Waals surface area contributed by atoms with Crippen LogP contribution in [0.15, 0.2) is 12.4 Å². The van der Waals surface area contributed by atoms with Crippen molar-refractivity contribution in [2.45, 2.75) is 63.0 Å². The molecule has 4 rings (SSSR count). The molecular formula is C18H25N3O3. The Morgan fingerprint density at radius 1 is 1.12 bits per heavy atom. The Balaban J connectivity index is 1.30. The van der Waals surface area contributed by atoms with E-state index in [1.807, 2.05) is 12.4 Å². The molecule has 1 aromatic rings. The summed E-state index contributed by atoms with van der Waals surface area (Å²) in [6.45, 7) is 3.07. The van der Waals surface area contributed by atoms with Crippen LogP contribution in [0.25, 0.3) is 0 Å². The number of likely N-dealkylation sites (tertiary alicyclic amines) is 1. The highest BCUT2D eigenvalue weighted by atomic mass is 16.8. The van der Waals surface area contributed by atoms with Crippen molar-refractivity contribution in [3.05, 3.63) is 23.8 Å². The largest absolute Gasteiger partial charge is 0.509 e. The summed E-state index contributed by atoms with van der Waals surface area (Å²) >= 11 is 0. The van der Waals surface area contributed by atoms with Crippen molar-refractivity contribution in [3.8, 4) is 0 Å². The lowest BCUT2D eigenvalue weighted by Crippen LogP contribution is -2.45. The van der Waals surface area contributed by atoms with Crippen molar-refractivity contribution >= 4 is 6.16 Å². The number of cyclic esters (lactones) is 1. The van der Waals surface area contributed by atoms with Crippen LogP contribution in [-0.4, -0.2) is 46.3 Å². The quantitative estimate of drug-likeness (QED) is 0.793. The zero-order chi connectivity index (χ0) is 16.4. The number of carbonyl (C=O) groups excluding carboxylic acids is 1. The minimum atomic E-state index is -0.518. The number of hydrogen-bond acceptors (Lipinski definition) is 6. The Bertz CT molecular complexity index is 576. The summed E-state index contributed by atoms with van der Waals surface area (Å²) in [7, 11) is 0. The monoisotopic (exact) mass is 331 g/mol. The molecule has 6 nitrogen and oxygen atoms in total. The molecular weight excluding hydrogens is 306 g/mol. The summed E-state index contributed by atoms with van der Waals surface area (Å²) in [5.74, 6) is 1.57. The third-order valence-electron chi connectivity index (χ3n) is 5.62. The summed E-state index contributed by atoms with van der Waals surface area (Å²) in [5, 5.41) is 0. The summed E-state index contributed by atoms with van der Waals surface area (Å²) in [4.78, 5) is 22.8. The normalized spacial score (nSPS) is 24.8. The molecule has 0 bridgehead atoms. The van der Waals surface area contributed by atoms with Crippen LogP contribution in [0.2, 0.25) is 0 Å². The van der Waals surface area contributed by atoms with E-state index < -0.39 is 6.16 Å². The first-order chi connectivity index (χ1) is 11.7. The van der Waals surface area contributed by atoms with E-state index >= 15 is 0 Å². The highest BCUT2D eigenvalue weighted by Gasteiger charge is 2.44. The van der Waals surface area contributed by atoms with Crippen LogP contribution in [0.4, 0.5) is 4.79 Å². The van der Waals surface area contributed by atoms with Crippen molar-refractivity contribution in [3.63, 3.8) is 0 Å². The van der Waals surface area contributed by atoms with Crippen LogP contribution in [0.1, 0.15) is 62.3 Å².